The van der Waals surface area contributed by atoms with Crippen LogP contribution in [0.3, 0.4) is 0 Å². The summed E-state index contributed by atoms with van der Waals surface area (Å²) < 4.78 is 1.68. The van der Waals surface area contributed by atoms with E-state index in [1.54, 1.807) is 9.47 Å². The Kier molecular flexibility index (Phi) is 7.93. The summed E-state index contributed by atoms with van der Waals surface area (Å²) in [5.41, 5.74) is 3.15. The van der Waals surface area contributed by atoms with Crippen molar-refractivity contribution in [2.45, 2.75) is 58.9 Å². The van der Waals surface area contributed by atoms with Gasteiger partial charge in [0.2, 0.25) is 5.91 Å². The van der Waals surface area contributed by atoms with E-state index in [1.807, 2.05) is 19.1 Å². The number of pyridine rings is 1. The zero-order valence-electron chi connectivity index (χ0n) is 23.1. The molecule has 0 bridgehead atoms. The van der Waals surface area contributed by atoms with Gasteiger partial charge in [0.15, 0.2) is 5.65 Å². The number of amides is 1. The van der Waals surface area contributed by atoms with Crippen LogP contribution in [-0.4, -0.2) is 64.1 Å². The lowest BCUT2D eigenvalue weighted by molar-refractivity contribution is -0.126. The number of piperidine rings is 1. The lowest BCUT2D eigenvalue weighted by atomic mass is 10.0. The molecular weight excluding hydrogens is 512 g/mol. The van der Waals surface area contributed by atoms with Gasteiger partial charge in [-0.25, -0.2) is 14.3 Å². The van der Waals surface area contributed by atoms with E-state index in [9.17, 15) is 9.59 Å². The van der Waals surface area contributed by atoms with Crippen molar-refractivity contribution in [1.82, 2.24) is 19.4 Å². The molecule has 8 nitrogen and oxygen atoms in total. The summed E-state index contributed by atoms with van der Waals surface area (Å²) in [6.07, 6.45) is 6.31. The predicted molar refractivity (Wildman–Crippen MR) is 159 cm³/mol. The fourth-order valence-electron chi connectivity index (χ4n) is 5.94. The summed E-state index contributed by atoms with van der Waals surface area (Å²) in [7, 11) is 0. The molecule has 2 saturated heterocycles. The van der Waals surface area contributed by atoms with E-state index in [-0.39, 0.29) is 17.6 Å². The molecular formula is C30H37ClN6O2. The Morgan fingerprint density at radius 2 is 1.77 bits per heavy atom. The van der Waals surface area contributed by atoms with Gasteiger partial charge in [0.05, 0.1) is 16.1 Å². The highest BCUT2D eigenvalue weighted by molar-refractivity contribution is 6.36. The molecule has 0 unspecified atom stereocenters. The molecule has 0 saturated carbocycles. The molecule has 2 aliphatic rings. The van der Waals surface area contributed by atoms with Crippen molar-refractivity contribution in [3.63, 3.8) is 0 Å². The van der Waals surface area contributed by atoms with Gasteiger partial charge in [-0.05, 0) is 56.2 Å². The molecule has 0 radical (unpaired) electrons. The molecule has 2 aliphatic heterocycles. The Morgan fingerprint density at radius 1 is 1.08 bits per heavy atom. The van der Waals surface area contributed by atoms with Crippen LogP contribution in [-0.2, 0) is 17.6 Å². The van der Waals surface area contributed by atoms with Gasteiger partial charge < -0.3 is 14.7 Å². The standard InChI is InChI=1S/C30H37ClN6O2/c1-5-21-12-11-13-22(6-2)27(21)37-29-26(23(31)18-24(32-29)34-14-9-8-10-15-34)28(33-30(37)39)36-17-16-35(19-20(36)4)25(38)7-3/h7,11-13,18,20H,3,5-6,8-10,14-17,19H2,1-2,4H3/t20-/m0/s1. The zero-order valence-corrected chi connectivity index (χ0v) is 23.9. The third-order valence-corrected chi connectivity index (χ3v) is 8.32. The van der Waals surface area contributed by atoms with Crippen molar-refractivity contribution in [2.75, 3.05) is 42.5 Å². The van der Waals surface area contributed by atoms with Crippen LogP contribution in [0.1, 0.15) is 51.2 Å². The second-order valence-corrected chi connectivity index (χ2v) is 10.8. The Balaban J connectivity index is 1.76. The maximum Gasteiger partial charge on any atom is 0.355 e. The number of halogens is 1. The average molecular weight is 549 g/mol. The van der Waals surface area contributed by atoms with Gasteiger partial charge in [-0.3, -0.25) is 4.79 Å². The monoisotopic (exact) mass is 548 g/mol. The molecule has 9 heteroatoms. The van der Waals surface area contributed by atoms with Crippen molar-refractivity contribution in [1.29, 1.82) is 0 Å². The first-order valence-electron chi connectivity index (χ1n) is 14.0. The Morgan fingerprint density at radius 3 is 2.38 bits per heavy atom. The Bertz CT molecular complexity index is 1440. The molecule has 1 aromatic carbocycles. The Labute approximate surface area is 234 Å². The number of piperazine rings is 1. The number of nitrogens with zero attached hydrogens (tertiary/aromatic N) is 6. The predicted octanol–water partition coefficient (Wildman–Crippen LogP) is 4.77. The SMILES string of the molecule is C=CC(=O)N1CCN(c2nc(=O)n(-c3c(CC)cccc3CC)c3nc(N4CCCCC4)cc(Cl)c23)[C@@H](C)C1. The van der Waals surface area contributed by atoms with Crippen LogP contribution in [0, 0.1) is 0 Å². The van der Waals surface area contributed by atoms with Crippen LogP contribution >= 0.6 is 11.6 Å². The van der Waals surface area contributed by atoms with Crippen molar-refractivity contribution < 1.29 is 4.79 Å². The maximum absolute atomic E-state index is 14.0. The highest BCUT2D eigenvalue weighted by Gasteiger charge is 2.31. The molecule has 0 spiro atoms. The van der Waals surface area contributed by atoms with Crippen molar-refractivity contribution in [3.05, 3.63) is 63.6 Å². The molecule has 0 N–H and O–H groups in total. The molecule has 5 rings (SSSR count). The first-order valence-corrected chi connectivity index (χ1v) is 14.4. The second kappa shape index (κ2) is 11.4. The van der Waals surface area contributed by atoms with Gasteiger partial charge in [-0.2, -0.15) is 4.98 Å². The molecule has 2 aromatic heterocycles. The smallest absolute Gasteiger partial charge is 0.355 e. The van der Waals surface area contributed by atoms with Crippen LogP contribution < -0.4 is 15.5 Å². The molecule has 206 valence electrons. The van der Waals surface area contributed by atoms with E-state index in [4.69, 9.17) is 16.6 Å². The largest absolute Gasteiger partial charge is 0.357 e. The number of benzene rings is 1. The van der Waals surface area contributed by atoms with Crippen LogP contribution in [0.4, 0.5) is 11.6 Å². The number of fused-ring (bicyclic) bond motifs is 1. The first kappa shape index (κ1) is 27.2. The average Bonchev–Trinajstić information content (AvgIpc) is 2.96. The van der Waals surface area contributed by atoms with E-state index in [1.165, 1.54) is 12.5 Å². The summed E-state index contributed by atoms with van der Waals surface area (Å²) in [5, 5.41) is 1.20. The molecule has 4 heterocycles. The molecule has 1 amide bonds. The number of aryl methyl sites for hydroxylation is 2. The summed E-state index contributed by atoms with van der Waals surface area (Å²) in [6.45, 7) is 13.2. The van der Waals surface area contributed by atoms with Crippen LogP contribution in [0.5, 0.6) is 0 Å². The molecule has 0 aliphatic carbocycles. The van der Waals surface area contributed by atoms with E-state index in [0.717, 1.165) is 61.4 Å². The normalized spacial score (nSPS) is 18.1. The van der Waals surface area contributed by atoms with Gasteiger partial charge in [-0.1, -0.05) is 50.2 Å². The fourth-order valence-corrected chi connectivity index (χ4v) is 6.21. The lowest BCUT2D eigenvalue weighted by Gasteiger charge is -2.40. The van der Waals surface area contributed by atoms with Crippen LogP contribution in [0.2, 0.25) is 5.02 Å². The molecule has 3 aromatic rings. The van der Waals surface area contributed by atoms with E-state index >= 15 is 0 Å². The number of para-hydroxylation sites is 1. The summed E-state index contributed by atoms with van der Waals surface area (Å²) in [4.78, 5) is 42.2. The molecule has 2 fully saturated rings. The van der Waals surface area contributed by atoms with Gasteiger partial charge in [-0.15, -0.1) is 0 Å². The third-order valence-electron chi connectivity index (χ3n) is 8.02. The van der Waals surface area contributed by atoms with Crippen LogP contribution in [0.15, 0.2) is 41.7 Å². The van der Waals surface area contributed by atoms with E-state index in [2.05, 4.69) is 47.3 Å². The third kappa shape index (κ3) is 5.02. The van der Waals surface area contributed by atoms with Crippen LogP contribution in [0.25, 0.3) is 16.7 Å². The van der Waals surface area contributed by atoms with Gasteiger partial charge >= 0.3 is 5.69 Å². The first-order chi connectivity index (χ1) is 18.9. The van der Waals surface area contributed by atoms with Gasteiger partial charge in [0.1, 0.15) is 11.6 Å². The number of hydrogen-bond donors (Lipinski definition) is 0. The second-order valence-electron chi connectivity index (χ2n) is 10.4. The fraction of sp³-hybridized carbons (Fsp3) is 0.467. The zero-order chi connectivity index (χ0) is 27.7. The van der Waals surface area contributed by atoms with Crippen molar-refractivity contribution in [2.24, 2.45) is 0 Å². The summed E-state index contributed by atoms with van der Waals surface area (Å²) in [6, 6.07) is 8.02. The highest BCUT2D eigenvalue weighted by Crippen LogP contribution is 2.36. The number of carbonyl (C=O) groups excluding carboxylic acids is 1. The maximum atomic E-state index is 14.0. The van der Waals surface area contributed by atoms with Gasteiger partial charge in [0, 0.05) is 44.8 Å². The van der Waals surface area contributed by atoms with Crippen molar-refractivity contribution >= 4 is 40.2 Å². The quantitative estimate of drug-likeness (QED) is 0.413. The topological polar surface area (TPSA) is 74.6 Å². The van der Waals surface area contributed by atoms with E-state index < -0.39 is 0 Å². The molecule has 39 heavy (non-hydrogen) atoms. The number of rotatable bonds is 6. The highest BCUT2D eigenvalue weighted by atomic mass is 35.5. The molecule has 1 atom stereocenters. The lowest BCUT2D eigenvalue weighted by Crippen LogP contribution is -2.54. The Hall–Kier alpha value is -3.39. The van der Waals surface area contributed by atoms with Crippen molar-refractivity contribution in [3.8, 4) is 5.69 Å². The minimum Gasteiger partial charge on any atom is -0.357 e. The van der Waals surface area contributed by atoms with E-state index in [0.29, 0.717) is 41.5 Å². The number of hydrogen-bond acceptors (Lipinski definition) is 6. The minimum atomic E-state index is -0.371. The number of carbonyl (C=O) groups is 1. The van der Waals surface area contributed by atoms with Gasteiger partial charge in [0.25, 0.3) is 0 Å². The minimum absolute atomic E-state index is 0.0689. The summed E-state index contributed by atoms with van der Waals surface area (Å²) >= 11 is 7.09. The number of anilines is 2. The number of aromatic nitrogens is 3. The summed E-state index contributed by atoms with van der Waals surface area (Å²) in [5.74, 6) is 1.22.